The monoisotopic (exact) mass is 675 g/mol. The van der Waals surface area contributed by atoms with Crippen LogP contribution in [0, 0.1) is 0 Å². The van der Waals surface area contributed by atoms with E-state index < -0.39 is 11.7 Å². The minimum Gasteiger partial charge on any atom is -0.256 e. The number of halogens is 3. The van der Waals surface area contributed by atoms with Crippen LogP contribution in [-0.2, 0) is 27.8 Å². The van der Waals surface area contributed by atoms with Crippen molar-refractivity contribution in [3.05, 3.63) is 125 Å². The average Bonchev–Trinajstić information content (AvgIpc) is 3.02. The number of aromatic nitrogens is 1. The summed E-state index contributed by atoms with van der Waals surface area (Å²) in [4.78, 5) is 4.99. The predicted molar refractivity (Wildman–Crippen MR) is 206 cm³/mol. The molecule has 0 N–H and O–H groups in total. The third-order valence-electron chi connectivity index (χ3n) is 9.54. The van der Waals surface area contributed by atoms with Crippen molar-refractivity contribution in [2.45, 2.75) is 111 Å². The molecular weight excluding hydrogens is 624 g/mol. The number of alkyl halides is 3. The van der Waals surface area contributed by atoms with E-state index in [-0.39, 0.29) is 21.7 Å². The molecule has 0 aliphatic rings. The normalized spacial score (nSPS) is 13.1. The standard InChI is InChI=1S/C46H52F3N/c1-42(2,3)33-20-31(21-34(24-33)43(4,5)6)38-26-37(46(47,48)49)27-39(32-22-35(44(7,8)9)25-36(23-32)45(10,11)12)41(38)40-19-18-30(28-50-40)29-16-14-13-15-17-29/h13-28H,1-12H3. The molecule has 0 saturated heterocycles. The molecule has 262 valence electrons. The van der Waals surface area contributed by atoms with Crippen molar-refractivity contribution in [3.8, 4) is 44.6 Å². The molecule has 0 bridgehead atoms. The van der Waals surface area contributed by atoms with Crippen LogP contribution in [-0.4, -0.2) is 4.98 Å². The van der Waals surface area contributed by atoms with Crippen molar-refractivity contribution in [2.75, 3.05) is 0 Å². The second-order valence-electron chi connectivity index (χ2n) is 17.8. The van der Waals surface area contributed by atoms with Crippen molar-refractivity contribution >= 4 is 0 Å². The van der Waals surface area contributed by atoms with Crippen LogP contribution in [0.15, 0.2) is 97.2 Å². The Balaban J connectivity index is 1.96. The van der Waals surface area contributed by atoms with E-state index in [0.717, 1.165) is 44.5 Å². The van der Waals surface area contributed by atoms with Gasteiger partial charge in [0.15, 0.2) is 0 Å². The summed E-state index contributed by atoms with van der Waals surface area (Å²) in [7, 11) is 0. The van der Waals surface area contributed by atoms with E-state index in [9.17, 15) is 0 Å². The first-order valence-corrected chi connectivity index (χ1v) is 17.5. The summed E-state index contributed by atoms with van der Waals surface area (Å²) < 4.78 is 45.0. The minimum atomic E-state index is -4.56. The lowest BCUT2D eigenvalue weighted by molar-refractivity contribution is -0.137. The maximum absolute atomic E-state index is 15.0. The highest BCUT2D eigenvalue weighted by atomic mass is 19.4. The Labute approximate surface area is 298 Å². The Morgan fingerprint density at radius 2 is 0.800 bits per heavy atom. The van der Waals surface area contributed by atoms with Crippen molar-refractivity contribution in [1.29, 1.82) is 0 Å². The van der Waals surface area contributed by atoms with Crippen molar-refractivity contribution in [2.24, 2.45) is 0 Å². The second kappa shape index (κ2) is 12.9. The molecule has 0 fully saturated rings. The van der Waals surface area contributed by atoms with Gasteiger partial charge in [-0.3, -0.25) is 4.98 Å². The summed E-state index contributed by atoms with van der Waals surface area (Å²) in [6.45, 7) is 25.7. The molecule has 0 unspecified atom stereocenters. The quantitative estimate of drug-likeness (QED) is 0.185. The molecule has 1 heterocycles. The molecule has 0 amide bonds. The number of pyridine rings is 1. The average molecular weight is 676 g/mol. The number of benzene rings is 4. The van der Waals surface area contributed by atoms with Gasteiger partial charge in [-0.15, -0.1) is 0 Å². The highest BCUT2D eigenvalue weighted by molar-refractivity contribution is 5.95. The van der Waals surface area contributed by atoms with Gasteiger partial charge in [0.1, 0.15) is 0 Å². The fourth-order valence-electron chi connectivity index (χ4n) is 6.18. The Morgan fingerprint density at radius 1 is 0.400 bits per heavy atom. The van der Waals surface area contributed by atoms with Crippen molar-refractivity contribution in [1.82, 2.24) is 4.98 Å². The maximum atomic E-state index is 15.0. The van der Waals surface area contributed by atoms with E-state index in [4.69, 9.17) is 4.98 Å². The van der Waals surface area contributed by atoms with E-state index in [1.165, 1.54) is 12.1 Å². The summed E-state index contributed by atoms with van der Waals surface area (Å²) in [6, 6.07) is 29.3. The van der Waals surface area contributed by atoms with Crippen LogP contribution in [0.25, 0.3) is 44.6 Å². The zero-order chi connectivity index (χ0) is 37.0. The summed E-state index contributed by atoms with van der Waals surface area (Å²) in [6.07, 6.45) is -2.73. The Kier molecular flexibility index (Phi) is 9.53. The largest absolute Gasteiger partial charge is 0.416 e. The van der Waals surface area contributed by atoms with Crippen molar-refractivity contribution < 1.29 is 13.2 Å². The lowest BCUT2D eigenvalue weighted by atomic mass is 9.76. The third kappa shape index (κ3) is 8.06. The van der Waals surface area contributed by atoms with Gasteiger partial charge in [-0.1, -0.05) is 156 Å². The molecule has 5 aromatic rings. The topological polar surface area (TPSA) is 12.9 Å². The molecule has 0 spiro atoms. The van der Waals surface area contributed by atoms with E-state index in [0.29, 0.717) is 22.4 Å². The van der Waals surface area contributed by atoms with Gasteiger partial charge in [-0.2, -0.15) is 13.2 Å². The summed E-state index contributed by atoms with van der Waals surface area (Å²) in [5.41, 5.74) is 8.54. The summed E-state index contributed by atoms with van der Waals surface area (Å²) >= 11 is 0. The zero-order valence-electron chi connectivity index (χ0n) is 31.8. The van der Waals surface area contributed by atoms with E-state index >= 15 is 13.2 Å². The lowest BCUT2D eigenvalue weighted by Gasteiger charge is -2.28. The molecule has 0 atom stereocenters. The molecule has 1 nitrogen and oxygen atoms in total. The smallest absolute Gasteiger partial charge is 0.256 e. The molecular formula is C46H52F3N. The van der Waals surface area contributed by atoms with Gasteiger partial charge in [0, 0.05) is 17.3 Å². The van der Waals surface area contributed by atoms with Gasteiger partial charge in [-0.25, -0.2) is 0 Å². The molecule has 50 heavy (non-hydrogen) atoms. The van der Waals surface area contributed by atoms with Crippen LogP contribution in [0.3, 0.4) is 0 Å². The first-order valence-electron chi connectivity index (χ1n) is 17.5. The second-order valence-corrected chi connectivity index (χ2v) is 17.8. The molecule has 5 rings (SSSR count). The molecule has 0 saturated carbocycles. The van der Waals surface area contributed by atoms with Gasteiger partial charge >= 0.3 is 6.18 Å². The summed E-state index contributed by atoms with van der Waals surface area (Å²) in [5.74, 6) is 0. The van der Waals surface area contributed by atoms with Crippen LogP contribution in [0.4, 0.5) is 13.2 Å². The fourth-order valence-corrected chi connectivity index (χ4v) is 6.18. The van der Waals surface area contributed by atoms with Gasteiger partial charge in [0.05, 0.1) is 11.3 Å². The number of hydrogen-bond acceptors (Lipinski definition) is 1. The highest BCUT2D eigenvalue weighted by Crippen LogP contribution is 2.47. The number of rotatable bonds is 4. The molecule has 0 aliphatic heterocycles. The molecule has 0 radical (unpaired) electrons. The fraction of sp³-hybridized carbons (Fsp3) is 0.370. The molecule has 0 aliphatic carbocycles. The Bertz CT molecular complexity index is 1830. The molecule has 4 heteroatoms. The van der Waals surface area contributed by atoms with Crippen LogP contribution < -0.4 is 0 Å². The molecule has 4 aromatic carbocycles. The number of nitrogens with zero attached hydrogens (tertiary/aromatic N) is 1. The molecule has 1 aromatic heterocycles. The van der Waals surface area contributed by atoms with Crippen LogP contribution in [0.5, 0.6) is 0 Å². The van der Waals surface area contributed by atoms with E-state index in [1.807, 2.05) is 48.7 Å². The Morgan fingerprint density at radius 3 is 1.12 bits per heavy atom. The first-order chi connectivity index (χ1) is 22.9. The van der Waals surface area contributed by atoms with Gasteiger partial charge in [0.2, 0.25) is 0 Å². The number of hydrogen-bond donors (Lipinski definition) is 0. The van der Waals surface area contributed by atoms with Crippen LogP contribution in [0.2, 0.25) is 0 Å². The lowest BCUT2D eigenvalue weighted by Crippen LogP contribution is -2.17. The zero-order valence-corrected chi connectivity index (χ0v) is 31.8. The predicted octanol–water partition coefficient (Wildman–Crippen LogP) is 14.0. The van der Waals surface area contributed by atoms with E-state index in [2.05, 4.69) is 119 Å². The SMILES string of the molecule is CC(C)(C)c1cc(-c2cc(C(F)(F)F)cc(-c3cc(C(C)(C)C)cc(C(C)(C)C)c3)c2-c2ccc(-c3ccccc3)cn2)cc(C(C)(C)C)c1. The van der Waals surface area contributed by atoms with E-state index in [1.54, 1.807) is 0 Å². The Hall–Kier alpha value is -4.18. The first kappa shape index (κ1) is 37.1. The highest BCUT2D eigenvalue weighted by Gasteiger charge is 2.34. The van der Waals surface area contributed by atoms with Gasteiger partial charge in [-0.05, 0) is 89.9 Å². The maximum Gasteiger partial charge on any atom is 0.416 e. The van der Waals surface area contributed by atoms with Crippen LogP contribution >= 0.6 is 0 Å². The van der Waals surface area contributed by atoms with Crippen LogP contribution in [0.1, 0.15) is 111 Å². The van der Waals surface area contributed by atoms with Gasteiger partial charge < -0.3 is 0 Å². The van der Waals surface area contributed by atoms with Crippen molar-refractivity contribution in [3.63, 3.8) is 0 Å². The summed E-state index contributed by atoms with van der Waals surface area (Å²) in [5, 5.41) is 0. The third-order valence-corrected chi connectivity index (χ3v) is 9.54. The van der Waals surface area contributed by atoms with Gasteiger partial charge in [0.25, 0.3) is 0 Å². The minimum absolute atomic E-state index is 0.223.